The molecular formula is C11H24N2S. The van der Waals surface area contributed by atoms with E-state index in [-0.39, 0.29) is 0 Å². The van der Waals surface area contributed by atoms with Crippen LogP contribution in [0.4, 0.5) is 0 Å². The van der Waals surface area contributed by atoms with Crippen molar-refractivity contribution in [3.8, 4) is 0 Å². The van der Waals surface area contributed by atoms with E-state index in [1.165, 1.54) is 25.3 Å². The molecule has 0 radical (unpaired) electrons. The first-order valence-electron chi connectivity index (χ1n) is 5.62. The van der Waals surface area contributed by atoms with Gasteiger partial charge in [-0.3, -0.25) is 0 Å². The molecule has 3 heteroatoms. The monoisotopic (exact) mass is 216 g/mol. The number of hydrogen-bond donors (Lipinski definition) is 1. The average Bonchev–Trinajstić information content (AvgIpc) is 2.63. The zero-order chi connectivity index (χ0) is 10.6. The first kappa shape index (κ1) is 12.3. The zero-order valence-electron chi connectivity index (χ0n) is 9.70. The topological polar surface area (TPSA) is 29.3 Å². The van der Waals surface area contributed by atoms with Gasteiger partial charge in [-0.2, -0.15) is 11.8 Å². The van der Waals surface area contributed by atoms with Gasteiger partial charge in [0, 0.05) is 12.6 Å². The molecule has 84 valence electrons. The van der Waals surface area contributed by atoms with E-state index in [4.69, 9.17) is 5.73 Å². The number of hydrogen-bond acceptors (Lipinski definition) is 3. The average molecular weight is 216 g/mol. The van der Waals surface area contributed by atoms with Gasteiger partial charge >= 0.3 is 0 Å². The molecule has 0 bridgehead atoms. The van der Waals surface area contributed by atoms with Gasteiger partial charge in [0.05, 0.1) is 0 Å². The third-order valence-corrected chi connectivity index (χ3v) is 4.10. The van der Waals surface area contributed by atoms with Crippen LogP contribution >= 0.6 is 11.8 Å². The Bertz CT molecular complexity index is 161. The minimum Gasteiger partial charge on any atom is -0.330 e. The van der Waals surface area contributed by atoms with E-state index in [0.717, 1.165) is 18.4 Å². The van der Waals surface area contributed by atoms with Crippen molar-refractivity contribution in [2.45, 2.75) is 26.3 Å². The Morgan fingerprint density at radius 2 is 2.21 bits per heavy atom. The molecule has 0 aliphatic carbocycles. The molecule has 1 saturated heterocycles. The molecule has 0 aromatic rings. The minimum atomic E-state index is 0.702. The van der Waals surface area contributed by atoms with Gasteiger partial charge in [0.1, 0.15) is 0 Å². The Hall–Kier alpha value is 0.270. The zero-order valence-corrected chi connectivity index (χ0v) is 10.5. The summed E-state index contributed by atoms with van der Waals surface area (Å²) < 4.78 is 0. The molecule has 1 rings (SSSR count). The van der Waals surface area contributed by atoms with Gasteiger partial charge in [0.2, 0.25) is 0 Å². The van der Waals surface area contributed by atoms with Gasteiger partial charge in [0.25, 0.3) is 0 Å². The number of nitrogens with zero attached hydrogens (tertiary/aromatic N) is 1. The van der Waals surface area contributed by atoms with Crippen LogP contribution in [0.3, 0.4) is 0 Å². The maximum absolute atomic E-state index is 5.83. The van der Waals surface area contributed by atoms with Crippen molar-refractivity contribution in [1.29, 1.82) is 0 Å². The lowest BCUT2D eigenvalue weighted by Gasteiger charge is -2.24. The third kappa shape index (κ3) is 3.14. The largest absolute Gasteiger partial charge is 0.330 e. The van der Waals surface area contributed by atoms with Crippen LogP contribution in [0.1, 0.15) is 20.3 Å². The highest BCUT2D eigenvalue weighted by atomic mass is 32.2. The lowest BCUT2D eigenvalue weighted by atomic mass is 9.93. The molecule has 2 unspecified atom stereocenters. The van der Waals surface area contributed by atoms with E-state index in [1.54, 1.807) is 0 Å². The van der Waals surface area contributed by atoms with Gasteiger partial charge in [0.15, 0.2) is 0 Å². The van der Waals surface area contributed by atoms with Crippen molar-refractivity contribution in [3.63, 3.8) is 0 Å². The van der Waals surface area contributed by atoms with Crippen molar-refractivity contribution < 1.29 is 0 Å². The fraction of sp³-hybridized carbons (Fsp3) is 1.00. The quantitative estimate of drug-likeness (QED) is 0.758. The molecule has 14 heavy (non-hydrogen) atoms. The van der Waals surface area contributed by atoms with Crippen molar-refractivity contribution in [2.24, 2.45) is 17.6 Å². The summed E-state index contributed by atoms with van der Waals surface area (Å²) in [6.45, 7) is 7.97. The van der Waals surface area contributed by atoms with Gasteiger partial charge in [-0.25, -0.2) is 0 Å². The summed E-state index contributed by atoms with van der Waals surface area (Å²) in [6.07, 6.45) is 3.53. The van der Waals surface area contributed by atoms with E-state index < -0.39 is 0 Å². The Labute approximate surface area is 92.6 Å². The summed E-state index contributed by atoms with van der Waals surface area (Å²) in [6, 6.07) is 0.702. The fourth-order valence-corrected chi connectivity index (χ4v) is 3.12. The summed E-state index contributed by atoms with van der Waals surface area (Å²) in [5.74, 6) is 2.80. The molecule has 0 spiro atoms. The Kier molecular flexibility index (Phi) is 5.28. The smallest absolute Gasteiger partial charge is 0.00387 e. The number of thioether (sulfide) groups is 1. The highest BCUT2D eigenvalue weighted by molar-refractivity contribution is 7.98. The van der Waals surface area contributed by atoms with Crippen molar-refractivity contribution in [3.05, 3.63) is 0 Å². The summed E-state index contributed by atoms with van der Waals surface area (Å²) >= 11 is 1.93. The van der Waals surface area contributed by atoms with Crippen LogP contribution in [0.15, 0.2) is 0 Å². The number of nitrogens with two attached hydrogens (primary N) is 1. The van der Waals surface area contributed by atoms with E-state index in [0.29, 0.717) is 6.04 Å². The second-order valence-corrected chi connectivity index (χ2v) is 5.50. The van der Waals surface area contributed by atoms with E-state index in [2.05, 4.69) is 25.0 Å². The number of rotatable bonds is 5. The minimum absolute atomic E-state index is 0.702. The van der Waals surface area contributed by atoms with E-state index >= 15 is 0 Å². The molecular weight excluding hydrogens is 192 g/mol. The van der Waals surface area contributed by atoms with Gasteiger partial charge in [-0.05, 0) is 57.2 Å². The molecule has 2 atom stereocenters. The van der Waals surface area contributed by atoms with Crippen LogP contribution in [0, 0.1) is 11.8 Å². The molecule has 2 nitrogen and oxygen atoms in total. The lowest BCUT2D eigenvalue weighted by Crippen LogP contribution is -2.32. The van der Waals surface area contributed by atoms with Crippen LogP contribution in [0.2, 0.25) is 0 Å². The molecule has 0 aromatic carbocycles. The van der Waals surface area contributed by atoms with Crippen LogP contribution < -0.4 is 5.73 Å². The summed E-state index contributed by atoms with van der Waals surface area (Å²) in [5, 5.41) is 0. The lowest BCUT2D eigenvalue weighted by molar-refractivity contribution is 0.252. The molecule has 2 N–H and O–H groups in total. The first-order valence-corrected chi connectivity index (χ1v) is 7.01. The molecule has 1 aliphatic heterocycles. The van der Waals surface area contributed by atoms with E-state index in [1.807, 2.05) is 11.8 Å². The van der Waals surface area contributed by atoms with Gasteiger partial charge in [-0.15, -0.1) is 0 Å². The van der Waals surface area contributed by atoms with Crippen LogP contribution in [-0.2, 0) is 0 Å². The molecule has 0 saturated carbocycles. The second kappa shape index (κ2) is 5.99. The summed E-state index contributed by atoms with van der Waals surface area (Å²) in [5.41, 5.74) is 5.83. The summed E-state index contributed by atoms with van der Waals surface area (Å²) in [7, 11) is 0. The van der Waals surface area contributed by atoms with Crippen molar-refractivity contribution in [1.82, 2.24) is 4.90 Å². The third-order valence-electron chi connectivity index (χ3n) is 3.34. The fourth-order valence-electron chi connectivity index (χ4n) is 2.28. The van der Waals surface area contributed by atoms with Crippen LogP contribution in [0.25, 0.3) is 0 Å². The second-order valence-electron chi connectivity index (χ2n) is 4.59. The molecule has 0 amide bonds. The molecule has 1 heterocycles. The predicted octanol–water partition coefficient (Wildman–Crippen LogP) is 1.65. The normalized spacial score (nSPS) is 25.9. The maximum atomic E-state index is 5.83. The van der Waals surface area contributed by atoms with Gasteiger partial charge < -0.3 is 10.6 Å². The predicted molar refractivity (Wildman–Crippen MR) is 65.7 cm³/mol. The number of likely N-dealkylation sites (tertiary alicyclic amines) is 1. The summed E-state index contributed by atoms with van der Waals surface area (Å²) in [4.78, 5) is 2.58. The molecule has 0 aromatic heterocycles. The van der Waals surface area contributed by atoms with Crippen molar-refractivity contribution >= 4 is 11.8 Å². The Balaban J connectivity index is 2.39. The molecule has 1 aliphatic rings. The SMILES string of the molecule is CSCC(CN)C1CCN(C(C)C)C1. The van der Waals surface area contributed by atoms with E-state index in [9.17, 15) is 0 Å². The standard InChI is InChI=1S/C11H24N2S/c1-9(2)13-5-4-10(7-13)11(6-12)8-14-3/h9-11H,4-8,12H2,1-3H3. The Morgan fingerprint density at radius 3 is 2.64 bits per heavy atom. The van der Waals surface area contributed by atoms with Crippen LogP contribution in [-0.4, -0.2) is 42.6 Å². The van der Waals surface area contributed by atoms with Crippen LogP contribution in [0.5, 0.6) is 0 Å². The Morgan fingerprint density at radius 1 is 1.50 bits per heavy atom. The molecule has 1 fully saturated rings. The van der Waals surface area contributed by atoms with Gasteiger partial charge in [-0.1, -0.05) is 0 Å². The van der Waals surface area contributed by atoms with Crippen molar-refractivity contribution in [2.75, 3.05) is 31.6 Å². The highest BCUT2D eigenvalue weighted by Crippen LogP contribution is 2.26. The first-order chi connectivity index (χ1) is 6.69. The maximum Gasteiger partial charge on any atom is 0.00387 e. The highest BCUT2D eigenvalue weighted by Gasteiger charge is 2.29.